The smallest absolute Gasteiger partial charge is 0.249 e. The first-order chi connectivity index (χ1) is 11.1. The molecule has 4 nitrogen and oxygen atoms in total. The van der Waals surface area contributed by atoms with E-state index in [4.69, 9.17) is 16.9 Å². The Morgan fingerprint density at radius 1 is 1.09 bits per heavy atom. The minimum atomic E-state index is -1.42. The van der Waals surface area contributed by atoms with Gasteiger partial charge >= 0.3 is 0 Å². The van der Waals surface area contributed by atoms with Gasteiger partial charge in [-0.15, -0.1) is 0 Å². The fourth-order valence-electron chi connectivity index (χ4n) is 1.86. The number of benzene rings is 2. The van der Waals surface area contributed by atoms with Crippen molar-refractivity contribution < 1.29 is 9.59 Å². The van der Waals surface area contributed by atoms with Crippen molar-refractivity contribution in [3.8, 4) is 6.07 Å². The van der Waals surface area contributed by atoms with Crippen molar-refractivity contribution in [1.29, 1.82) is 5.26 Å². The highest BCUT2D eigenvalue weighted by atomic mass is 35.5. The molecule has 0 heterocycles. The van der Waals surface area contributed by atoms with Gasteiger partial charge in [-0.25, -0.2) is 0 Å². The minimum absolute atomic E-state index is 0.338. The molecule has 0 aliphatic rings. The molecule has 1 atom stereocenters. The van der Waals surface area contributed by atoms with Gasteiger partial charge in [0.15, 0.2) is 11.7 Å². The number of nitrogens with one attached hydrogen (secondary N) is 1. The predicted molar refractivity (Wildman–Crippen MR) is 89.7 cm³/mol. The molecule has 1 N–H and O–H groups in total. The summed E-state index contributed by atoms with van der Waals surface area (Å²) in [4.78, 5) is 24.2. The van der Waals surface area contributed by atoms with Gasteiger partial charge < -0.3 is 5.32 Å². The molecule has 2 aromatic carbocycles. The number of amides is 1. The Morgan fingerprint density at radius 2 is 1.74 bits per heavy atom. The molecule has 114 valence electrons. The summed E-state index contributed by atoms with van der Waals surface area (Å²) in [6, 6.07) is 17.5. The summed E-state index contributed by atoms with van der Waals surface area (Å²) >= 11 is 5.94. The van der Waals surface area contributed by atoms with Crippen molar-refractivity contribution in [1.82, 2.24) is 0 Å². The monoisotopic (exact) mass is 324 g/mol. The van der Waals surface area contributed by atoms with Crippen molar-refractivity contribution in [3.63, 3.8) is 0 Å². The first-order valence-corrected chi connectivity index (χ1v) is 7.21. The van der Waals surface area contributed by atoms with Gasteiger partial charge in [0.1, 0.15) is 0 Å². The van der Waals surface area contributed by atoms with Gasteiger partial charge in [-0.1, -0.05) is 60.1 Å². The number of hydrogen-bond acceptors (Lipinski definition) is 3. The lowest BCUT2D eigenvalue weighted by atomic mass is 10.0. The lowest BCUT2D eigenvalue weighted by Crippen LogP contribution is -2.27. The number of allylic oxidation sites excluding steroid dienone is 1. The molecule has 0 bridgehead atoms. The minimum Gasteiger partial charge on any atom is -0.323 e. The number of anilines is 1. The Morgan fingerprint density at radius 3 is 2.39 bits per heavy atom. The third-order valence-corrected chi connectivity index (χ3v) is 3.38. The van der Waals surface area contributed by atoms with Crippen LogP contribution < -0.4 is 5.32 Å². The molecule has 2 aromatic rings. The molecule has 0 fully saturated rings. The van der Waals surface area contributed by atoms with Crippen LogP contribution in [-0.4, -0.2) is 11.7 Å². The van der Waals surface area contributed by atoms with Crippen LogP contribution in [0.15, 0.2) is 60.7 Å². The molecule has 0 radical (unpaired) electrons. The van der Waals surface area contributed by atoms with Crippen molar-refractivity contribution in [2.45, 2.75) is 0 Å². The average Bonchev–Trinajstić information content (AvgIpc) is 2.57. The number of hydrogen-bond donors (Lipinski definition) is 1. The maximum atomic E-state index is 12.1. The number of rotatable bonds is 5. The lowest BCUT2D eigenvalue weighted by Gasteiger charge is -2.09. The molecule has 0 saturated heterocycles. The van der Waals surface area contributed by atoms with Crippen molar-refractivity contribution >= 4 is 35.1 Å². The first kappa shape index (κ1) is 16.5. The van der Waals surface area contributed by atoms with Crippen molar-refractivity contribution in [2.75, 3.05) is 5.32 Å². The fourth-order valence-corrected chi connectivity index (χ4v) is 2.04. The van der Waals surface area contributed by atoms with Gasteiger partial charge in [0, 0.05) is 0 Å². The van der Waals surface area contributed by atoms with E-state index < -0.39 is 17.6 Å². The standard InChI is InChI=1S/C18H13ClN2O2/c19-15-8-4-5-9-16(15)21-18(23)14(12-20)17(22)11-10-13-6-2-1-3-7-13/h1-11,14H,(H,21,23)/b11-10+/t14-/m0/s1. The maximum absolute atomic E-state index is 12.1. The van der Waals surface area contributed by atoms with E-state index in [0.717, 1.165) is 5.56 Å². The van der Waals surface area contributed by atoms with Crippen LogP contribution in [0.5, 0.6) is 0 Å². The van der Waals surface area contributed by atoms with Crippen LogP contribution in [0.1, 0.15) is 5.56 Å². The van der Waals surface area contributed by atoms with Crippen LogP contribution in [-0.2, 0) is 9.59 Å². The van der Waals surface area contributed by atoms with E-state index >= 15 is 0 Å². The van der Waals surface area contributed by atoms with E-state index in [1.807, 2.05) is 30.3 Å². The molecule has 23 heavy (non-hydrogen) atoms. The van der Waals surface area contributed by atoms with Crippen LogP contribution in [0.4, 0.5) is 5.69 Å². The molecule has 0 unspecified atom stereocenters. The predicted octanol–water partition coefficient (Wildman–Crippen LogP) is 3.70. The van der Waals surface area contributed by atoms with E-state index in [2.05, 4.69) is 5.32 Å². The second kappa shape index (κ2) is 7.92. The van der Waals surface area contributed by atoms with Crippen LogP contribution in [0.25, 0.3) is 6.08 Å². The summed E-state index contributed by atoms with van der Waals surface area (Å²) in [7, 11) is 0. The van der Waals surface area contributed by atoms with E-state index in [9.17, 15) is 9.59 Å². The van der Waals surface area contributed by atoms with Crippen LogP contribution in [0, 0.1) is 17.2 Å². The fraction of sp³-hybridized carbons (Fsp3) is 0.0556. The van der Waals surface area contributed by atoms with Crippen LogP contribution in [0.2, 0.25) is 5.02 Å². The summed E-state index contributed by atoms with van der Waals surface area (Å²) in [5.41, 5.74) is 1.17. The Labute approximate surface area is 139 Å². The Hall–Kier alpha value is -2.90. The number of carbonyl (C=O) groups excluding carboxylic acids is 2. The molecule has 1 amide bonds. The summed E-state index contributed by atoms with van der Waals surface area (Å²) < 4.78 is 0. The molecule has 5 heteroatoms. The van der Waals surface area contributed by atoms with Crippen LogP contribution >= 0.6 is 11.6 Å². The van der Waals surface area contributed by atoms with Crippen molar-refractivity contribution in [3.05, 3.63) is 71.3 Å². The molecular weight excluding hydrogens is 312 g/mol. The van der Waals surface area contributed by atoms with E-state index in [-0.39, 0.29) is 0 Å². The molecular formula is C18H13ClN2O2. The largest absolute Gasteiger partial charge is 0.323 e. The highest BCUT2D eigenvalue weighted by Gasteiger charge is 2.24. The zero-order valence-electron chi connectivity index (χ0n) is 12.1. The highest BCUT2D eigenvalue weighted by molar-refractivity contribution is 6.33. The molecule has 0 aliphatic carbocycles. The highest BCUT2D eigenvalue weighted by Crippen LogP contribution is 2.21. The average molecular weight is 325 g/mol. The third kappa shape index (κ3) is 4.53. The van der Waals surface area contributed by atoms with E-state index in [1.165, 1.54) is 6.08 Å². The van der Waals surface area contributed by atoms with Gasteiger partial charge in [-0.2, -0.15) is 5.26 Å². The number of carbonyl (C=O) groups is 2. The van der Waals surface area contributed by atoms with E-state index in [0.29, 0.717) is 10.7 Å². The third-order valence-electron chi connectivity index (χ3n) is 3.05. The van der Waals surface area contributed by atoms with Gasteiger partial charge in [0.25, 0.3) is 0 Å². The second-order valence-corrected chi connectivity index (χ2v) is 5.08. The Bertz CT molecular complexity index is 779. The van der Waals surface area contributed by atoms with E-state index in [1.54, 1.807) is 36.4 Å². The van der Waals surface area contributed by atoms with Crippen molar-refractivity contribution in [2.24, 2.45) is 5.92 Å². The first-order valence-electron chi connectivity index (χ1n) is 6.84. The van der Waals surface area contributed by atoms with Gasteiger partial charge in [0.05, 0.1) is 16.8 Å². The lowest BCUT2D eigenvalue weighted by molar-refractivity contribution is -0.126. The zero-order chi connectivity index (χ0) is 16.7. The topological polar surface area (TPSA) is 70.0 Å². The molecule has 0 spiro atoms. The van der Waals surface area contributed by atoms with Gasteiger partial charge in [0.2, 0.25) is 5.91 Å². The SMILES string of the molecule is N#C[C@@H](C(=O)/C=C/c1ccccc1)C(=O)Nc1ccccc1Cl. The number of halogens is 1. The second-order valence-electron chi connectivity index (χ2n) is 4.68. The molecule has 0 aliphatic heterocycles. The number of nitrogens with zero attached hydrogens (tertiary/aromatic N) is 1. The number of nitriles is 1. The summed E-state index contributed by atoms with van der Waals surface area (Å²) in [5.74, 6) is -2.71. The van der Waals surface area contributed by atoms with Gasteiger partial charge in [-0.05, 0) is 23.8 Å². The molecule has 2 rings (SSSR count). The quantitative estimate of drug-likeness (QED) is 0.673. The van der Waals surface area contributed by atoms with Gasteiger partial charge in [-0.3, -0.25) is 9.59 Å². The molecule has 0 saturated carbocycles. The maximum Gasteiger partial charge on any atom is 0.249 e. The molecule has 0 aromatic heterocycles. The summed E-state index contributed by atoms with van der Waals surface area (Å²) in [5, 5.41) is 11.9. The number of ketones is 1. The Balaban J connectivity index is 2.08. The number of para-hydroxylation sites is 1. The van der Waals surface area contributed by atoms with Crippen LogP contribution in [0.3, 0.4) is 0 Å². The summed E-state index contributed by atoms with van der Waals surface area (Å²) in [6.07, 6.45) is 2.80. The summed E-state index contributed by atoms with van der Waals surface area (Å²) in [6.45, 7) is 0. The zero-order valence-corrected chi connectivity index (χ0v) is 12.8. The normalized spacial score (nSPS) is 11.7. The Kier molecular flexibility index (Phi) is 5.67.